The van der Waals surface area contributed by atoms with Gasteiger partial charge in [0.2, 0.25) is 0 Å². The van der Waals surface area contributed by atoms with Crippen LogP contribution in [0, 0.1) is 0 Å². The number of carboxylic acid groups (broad SMARTS) is 1. The smallest absolute Gasteiger partial charge is 0.304 e. The summed E-state index contributed by atoms with van der Waals surface area (Å²) in [5, 5.41) is 11.5. The van der Waals surface area contributed by atoms with E-state index in [1.54, 1.807) is 0 Å². The van der Waals surface area contributed by atoms with E-state index in [9.17, 15) is 4.79 Å². The second-order valence-electron chi connectivity index (χ2n) is 3.01. The van der Waals surface area contributed by atoms with Crippen molar-refractivity contribution < 1.29 is 14.6 Å². The van der Waals surface area contributed by atoms with Crippen molar-refractivity contribution in [2.45, 2.75) is 25.3 Å². The molecule has 0 aliphatic carbocycles. The van der Waals surface area contributed by atoms with Crippen LogP contribution in [0.25, 0.3) is 0 Å². The molecular formula is C8H15NO3. The third-order valence-corrected chi connectivity index (χ3v) is 1.93. The van der Waals surface area contributed by atoms with Gasteiger partial charge in [-0.3, -0.25) is 4.79 Å². The Balaban J connectivity index is 2.01. The number of hydrogen-bond donors (Lipinski definition) is 2. The minimum atomic E-state index is -0.751. The summed E-state index contributed by atoms with van der Waals surface area (Å²) in [7, 11) is 0. The predicted molar refractivity (Wildman–Crippen MR) is 44.1 cm³/mol. The standard InChI is InChI=1S/C8H15NO3/c10-8(11)3-4-9-7-2-1-5-12-6-7/h7,9H,1-6H2,(H,10,11). The average Bonchev–Trinajstić information content (AvgIpc) is 2.05. The first-order chi connectivity index (χ1) is 5.79. The van der Waals surface area contributed by atoms with Gasteiger partial charge in [0.1, 0.15) is 0 Å². The maximum atomic E-state index is 10.2. The van der Waals surface area contributed by atoms with E-state index >= 15 is 0 Å². The lowest BCUT2D eigenvalue weighted by Crippen LogP contribution is -2.37. The number of ether oxygens (including phenoxy) is 1. The maximum Gasteiger partial charge on any atom is 0.304 e. The number of hydrogen-bond acceptors (Lipinski definition) is 3. The first kappa shape index (κ1) is 9.48. The molecule has 0 amide bonds. The molecule has 0 aromatic carbocycles. The van der Waals surface area contributed by atoms with Crippen LogP contribution in [-0.4, -0.2) is 36.9 Å². The van der Waals surface area contributed by atoms with Crippen LogP contribution in [0.1, 0.15) is 19.3 Å². The zero-order valence-electron chi connectivity index (χ0n) is 7.08. The van der Waals surface area contributed by atoms with Gasteiger partial charge in [-0.1, -0.05) is 0 Å². The number of rotatable bonds is 4. The maximum absolute atomic E-state index is 10.2. The fraction of sp³-hybridized carbons (Fsp3) is 0.875. The molecule has 0 bridgehead atoms. The fourth-order valence-corrected chi connectivity index (χ4v) is 1.28. The van der Waals surface area contributed by atoms with Crippen LogP contribution in [0.2, 0.25) is 0 Å². The molecule has 70 valence electrons. The summed E-state index contributed by atoms with van der Waals surface area (Å²) in [5.41, 5.74) is 0. The molecule has 1 fully saturated rings. The lowest BCUT2D eigenvalue weighted by Gasteiger charge is -2.22. The highest BCUT2D eigenvalue weighted by Gasteiger charge is 2.12. The van der Waals surface area contributed by atoms with E-state index in [1.807, 2.05) is 0 Å². The van der Waals surface area contributed by atoms with E-state index in [4.69, 9.17) is 9.84 Å². The summed E-state index contributed by atoms with van der Waals surface area (Å²) in [4.78, 5) is 10.2. The van der Waals surface area contributed by atoms with Gasteiger partial charge in [-0.2, -0.15) is 0 Å². The molecular weight excluding hydrogens is 158 g/mol. The van der Waals surface area contributed by atoms with Crippen LogP contribution >= 0.6 is 0 Å². The van der Waals surface area contributed by atoms with Crippen molar-refractivity contribution in [2.75, 3.05) is 19.8 Å². The summed E-state index contributed by atoms with van der Waals surface area (Å²) < 4.78 is 5.23. The molecule has 12 heavy (non-hydrogen) atoms. The topological polar surface area (TPSA) is 58.6 Å². The molecule has 1 atom stereocenters. The largest absolute Gasteiger partial charge is 0.481 e. The Morgan fingerprint density at radius 2 is 2.50 bits per heavy atom. The number of carbonyl (C=O) groups is 1. The normalized spacial score (nSPS) is 23.8. The van der Waals surface area contributed by atoms with Gasteiger partial charge in [-0.05, 0) is 12.8 Å². The molecule has 0 radical (unpaired) electrons. The van der Waals surface area contributed by atoms with Gasteiger partial charge in [-0.25, -0.2) is 0 Å². The van der Waals surface area contributed by atoms with Gasteiger partial charge in [0, 0.05) is 19.2 Å². The summed E-state index contributed by atoms with van der Waals surface area (Å²) in [6.45, 7) is 2.11. The quantitative estimate of drug-likeness (QED) is 0.639. The third-order valence-electron chi connectivity index (χ3n) is 1.93. The number of aliphatic carboxylic acids is 1. The van der Waals surface area contributed by atoms with Gasteiger partial charge >= 0.3 is 5.97 Å². The lowest BCUT2D eigenvalue weighted by atomic mass is 10.1. The van der Waals surface area contributed by atoms with E-state index < -0.39 is 5.97 Å². The van der Waals surface area contributed by atoms with Gasteiger partial charge in [0.05, 0.1) is 13.0 Å². The highest BCUT2D eigenvalue weighted by atomic mass is 16.5. The third kappa shape index (κ3) is 3.69. The Morgan fingerprint density at radius 3 is 3.08 bits per heavy atom. The molecule has 4 heteroatoms. The minimum absolute atomic E-state index is 0.191. The van der Waals surface area contributed by atoms with Crippen LogP contribution in [-0.2, 0) is 9.53 Å². The van der Waals surface area contributed by atoms with E-state index in [2.05, 4.69) is 5.32 Å². The van der Waals surface area contributed by atoms with Gasteiger partial charge in [0.25, 0.3) is 0 Å². The van der Waals surface area contributed by atoms with Crippen molar-refractivity contribution in [3.05, 3.63) is 0 Å². The molecule has 1 saturated heterocycles. The minimum Gasteiger partial charge on any atom is -0.481 e. The zero-order chi connectivity index (χ0) is 8.81. The molecule has 0 spiro atoms. The van der Waals surface area contributed by atoms with Crippen LogP contribution in [0.15, 0.2) is 0 Å². The summed E-state index contributed by atoms with van der Waals surface area (Å²) in [6.07, 6.45) is 2.36. The molecule has 0 aromatic heterocycles. The molecule has 0 saturated carbocycles. The summed E-state index contributed by atoms with van der Waals surface area (Å²) in [6, 6.07) is 0.359. The lowest BCUT2D eigenvalue weighted by molar-refractivity contribution is -0.136. The van der Waals surface area contributed by atoms with Crippen LogP contribution in [0.4, 0.5) is 0 Å². The second-order valence-corrected chi connectivity index (χ2v) is 3.01. The zero-order valence-corrected chi connectivity index (χ0v) is 7.08. The second kappa shape index (κ2) is 5.11. The van der Waals surface area contributed by atoms with Crippen molar-refractivity contribution in [1.29, 1.82) is 0 Å². The molecule has 0 aromatic rings. The molecule has 2 N–H and O–H groups in total. The van der Waals surface area contributed by atoms with E-state index in [0.29, 0.717) is 12.6 Å². The van der Waals surface area contributed by atoms with E-state index in [-0.39, 0.29) is 6.42 Å². The number of nitrogens with one attached hydrogen (secondary N) is 1. The molecule has 1 aliphatic rings. The van der Waals surface area contributed by atoms with Crippen molar-refractivity contribution in [3.63, 3.8) is 0 Å². The van der Waals surface area contributed by atoms with E-state index in [0.717, 1.165) is 26.1 Å². The SMILES string of the molecule is O=C(O)CCNC1CCCOC1. The molecule has 1 aliphatic heterocycles. The summed E-state index contributed by atoms with van der Waals surface area (Å²) >= 11 is 0. The Hall–Kier alpha value is -0.610. The van der Waals surface area contributed by atoms with E-state index in [1.165, 1.54) is 0 Å². The first-order valence-corrected chi connectivity index (χ1v) is 4.32. The van der Waals surface area contributed by atoms with Crippen molar-refractivity contribution >= 4 is 5.97 Å². The molecule has 1 heterocycles. The van der Waals surface area contributed by atoms with Crippen LogP contribution in [0.5, 0.6) is 0 Å². The van der Waals surface area contributed by atoms with Crippen LogP contribution < -0.4 is 5.32 Å². The Labute approximate surface area is 71.9 Å². The fourth-order valence-electron chi connectivity index (χ4n) is 1.28. The molecule has 1 unspecified atom stereocenters. The Bertz CT molecular complexity index is 143. The average molecular weight is 173 g/mol. The molecule has 4 nitrogen and oxygen atoms in total. The van der Waals surface area contributed by atoms with Crippen molar-refractivity contribution in [3.8, 4) is 0 Å². The highest BCUT2D eigenvalue weighted by molar-refractivity contribution is 5.66. The molecule has 1 rings (SSSR count). The Kier molecular flexibility index (Phi) is 4.04. The van der Waals surface area contributed by atoms with Gasteiger partial charge in [0.15, 0.2) is 0 Å². The van der Waals surface area contributed by atoms with Crippen molar-refractivity contribution in [2.24, 2.45) is 0 Å². The highest BCUT2D eigenvalue weighted by Crippen LogP contribution is 2.05. The van der Waals surface area contributed by atoms with Gasteiger partial charge in [-0.15, -0.1) is 0 Å². The monoisotopic (exact) mass is 173 g/mol. The summed E-state index contributed by atoms with van der Waals surface area (Å²) in [5.74, 6) is -0.751. The number of carboxylic acids is 1. The predicted octanol–water partition coefficient (Wildman–Crippen LogP) is 0.230. The first-order valence-electron chi connectivity index (χ1n) is 4.32. The van der Waals surface area contributed by atoms with Crippen LogP contribution in [0.3, 0.4) is 0 Å². The van der Waals surface area contributed by atoms with Crippen molar-refractivity contribution in [1.82, 2.24) is 5.32 Å². The van der Waals surface area contributed by atoms with Gasteiger partial charge < -0.3 is 15.2 Å². The Morgan fingerprint density at radius 1 is 1.67 bits per heavy atom.